The van der Waals surface area contributed by atoms with Gasteiger partial charge in [-0.25, -0.2) is 0 Å². The van der Waals surface area contributed by atoms with Gasteiger partial charge in [0.15, 0.2) is 0 Å². The molecule has 1 aromatic rings. The van der Waals surface area contributed by atoms with Crippen LogP contribution in [0.15, 0.2) is 18.5 Å². The highest BCUT2D eigenvalue weighted by Gasteiger charge is 2.31. The second kappa shape index (κ2) is 3.24. The lowest BCUT2D eigenvalue weighted by molar-refractivity contribution is 0.787. The fraction of sp³-hybridized carbons (Fsp3) is 0.500. The number of nitrogens with two attached hydrogens (primary N) is 1. The number of nitrogen functional groups attached to an aromatic ring is 1. The summed E-state index contributed by atoms with van der Waals surface area (Å²) in [4.78, 5) is 4.01. The Morgan fingerprint density at radius 2 is 2.38 bits per heavy atom. The molecule has 0 amide bonds. The molecule has 2 rings (SSSR count). The Morgan fingerprint density at radius 3 is 3.00 bits per heavy atom. The lowest BCUT2D eigenvalue weighted by atomic mass is 10.3. The van der Waals surface area contributed by atoms with Gasteiger partial charge in [-0.15, -0.1) is 0 Å². The van der Waals surface area contributed by atoms with Gasteiger partial charge in [0, 0.05) is 12.7 Å². The van der Waals surface area contributed by atoms with Gasteiger partial charge >= 0.3 is 0 Å². The largest absolute Gasteiger partial charge is 0.397 e. The third-order valence-corrected chi connectivity index (χ3v) is 2.60. The predicted octanol–water partition coefficient (Wildman–Crippen LogP) is 1.73. The van der Waals surface area contributed by atoms with Crippen LogP contribution in [0.1, 0.15) is 13.3 Å². The molecule has 1 aliphatic carbocycles. The average molecular weight is 177 g/mol. The van der Waals surface area contributed by atoms with E-state index in [2.05, 4.69) is 17.2 Å². The van der Waals surface area contributed by atoms with E-state index in [9.17, 15) is 0 Å². The number of hydrogen-bond donors (Lipinski definition) is 2. The van der Waals surface area contributed by atoms with Crippen molar-refractivity contribution < 1.29 is 0 Å². The second-order valence-corrected chi connectivity index (χ2v) is 3.86. The fourth-order valence-electron chi connectivity index (χ4n) is 1.49. The summed E-state index contributed by atoms with van der Waals surface area (Å²) >= 11 is 0. The predicted molar refractivity (Wildman–Crippen MR) is 54.4 cm³/mol. The monoisotopic (exact) mass is 177 g/mol. The molecular formula is C10H15N3. The van der Waals surface area contributed by atoms with E-state index in [1.54, 1.807) is 6.20 Å². The van der Waals surface area contributed by atoms with E-state index in [1.807, 2.05) is 12.3 Å². The molecule has 13 heavy (non-hydrogen) atoms. The van der Waals surface area contributed by atoms with E-state index in [0.29, 0.717) is 5.69 Å². The summed E-state index contributed by atoms with van der Waals surface area (Å²) in [5.74, 6) is 1.74. The molecule has 3 nitrogen and oxygen atoms in total. The van der Waals surface area contributed by atoms with Gasteiger partial charge in [0.25, 0.3) is 0 Å². The van der Waals surface area contributed by atoms with Crippen molar-refractivity contribution >= 4 is 11.4 Å². The molecule has 1 saturated carbocycles. The summed E-state index contributed by atoms with van der Waals surface area (Å²) in [6.45, 7) is 3.33. The number of rotatable bonds is 3. The minimum absolute atomic E-state index is 0.717. The van der Waals surface area contributed by atoms with Gasteiger partial charge in [0.05, 0.1) is 17.6 Å². The molecule has 0 spiro atoms. The van der Waals surface area contributed by atoms with Gasteiger partial charge in [-0.1, -0.05) is 6.92 Å². The van der Waals surface area contributed by atoms with Crippen molar-refractivity contribution in [2.24, 2.45) is 11.8 Å². The van der Waals surface area contributed by atoms with E-state index in [1.165, 1.54) is 6.42 Å². The van der Waals surface area contributed by atoms with Gasteiger partial charge in [-0.3, -0.25) is 4.98 Å². The van der Waals surface area contributed by atoms with Crippen LogP contribution < -0.4 is 11.1 Å². The highest BCUT2D eigenvalue weighted by Crippen LogP contribution is 2.37. The SMILES string of the molecule is CC1CC1CNc1cncc(N)c1. The number of nitrogens with zero attached hydrogens (tertiary/aromatic N) is 1. The van der Waals surface area contributed by atoms with Crippen molar-refractivity contribution in [3.63, 3.8) is 0 Å². The summed E-state index contributed by atoms with van der Waals surface area (Å²) in [7, 11) is 0. The first-order valence-corrected chi connectivity index (χ1v) is 4.70. The molecule has 2 unspecified atom stereocenters. The van der Waals surface area contributed by atoms with Gasteiger partial charge in [-0.2, -0.15) is 0 Å². The number of aromatic nitrogens is 1. The van der Waals surface area contributed by atoms with Crippen LogP contribution in [0, 0.1) is 11.8 Å². The van der Waals surface area contributed by atoms with Crippen LogP contribution in [0.5, 0.6) is 0 Å². The minimum Gasteiger partial charge on any atom is -0.397 e. The van der Waals surface area contributed by atoms with E-state index in [4.69, 9.17) is 5.73 Å². The highest BCUT2D eigenvalue weighted by molar-refractivity contribution is 5.51. The van der Waals surface area contributed by atoms with E-state index in [-0.39, 0.29) is 0 Å². The summed E-state index contributed by atoms with van der Waals surface area (Å²) in [6, 6.07) is 1.92. The van der Waals surface area contributed by atoms with Crippen molar-refractivity contribution in [1.82, 2.24) is 4.98 Å². The summed E-state index contributed by atoms with van der Waals surface area (Å²) in [5.41, 5.74) is 7.35. The maximum Gasteiger partial charge on any atom is 0.0547 e. The maximum absolute atomic E-state index is 5.61. The summed E-state index contributed by atoms with van der Waals surface area (Å²) in [5, 5.41) is 3.34. The van der Waals surface area contributed by atoms with Gasteiger partial charge < -0.3 is 11.1 Å². The first kappa shape index (κ1) is 8.35. The molecule has 1 aromatic heterocycles. The lowest BCUT2D eigenvalue weighted by Crippen LogP contribution is -2.04. The minimum atomic E-state index is 0.717. The molecule has 1 aliphatic rings. The first-order valence-electron chi connectivity index (χ1n) is 4.70. The molecule has 0 bridgehead atoms. The Balaban J connectivity index is 1.87. The van der Waals surface area contributed by atoms with Crippen LogP contribution in [0.2, 0.25) is 0 Å². The van der Waals surface area contributed by atoms with Crippen LogP contribution in [-0.4, -0.2) is 11.5 Å². The topological polar surface area (TPSA) is 50.9 Å². The quantitative estimate of drug-likeness (QED) is 0.739. The number of anilines is 2. The third kappa shape index (κ3) is 2.11. The van der Waals surface area contributed by atoms with Crippen molar-refractivity contribution in [2.75, 3.05) is 17.6 Å². The van der Waals surface area contributed by atoms with Crippen molar-refractivity contribution in [3.05, 3.63) is 18.5 Å². The van der Waals surface area contributed by atoms with Crippen molar-refractivity contribution in [2.45, 2.75) is 13.3 Å². The first-order chi connectivity index (χ1) is 6.25. The molecule has 0 radical (unpaired) electrons. The van der Waals surface area contributed by atoms with Crippen LogP contribution >= 0.6 is 0 Å². The molecule has 1 fully saturated rings. The zero-order chi connectivity index (χ0) is 9.26. The van der Waals surface area contributed by atoms with Crippen molar-refractivity contribution in [1.29, 1.82) is 0 Å². The number of nitrogens with one attached hydrogen (secondary N) is 1. The zero-order valence-electron chi connectivity index (χ0n) is 7.83. The Morgan fingerprint density at radius 1 is 1.62 bits per heavy atom. The van der Waals surface area contributed by atoms with Crippen LogP contribution in [0.25, 0.3) is 0 Å². The van der Waals surface area contributed by atoms with E-state index < -0.39 is 0 Å². The fourth-order valence-corrected chi connectivity index (χ4v) is 1.49. The van der Waals surface area contributed by atoms with Gasteiger partial charge in [0.1, 0.15) is 0 Å². The molecule has 3 N–H and O–H groups in total. The van der Waals surface area contributed by atoms with E-state index >= 15 is 0 Å². The van der Waals surface area contributed by atoms with Crippen molar-refractivity contribution in [3.8, 4) is 0 Å². The molecule has 3 heteroatoms. The van der Waals surface area contributed by atoms with Crippen LogP contribution in [0.4, 0.5) is 11.4 Å². The van der Waals surface area contributed by atoms with E-state index in [0.717, 1.165) is 24.1 Å². The molecule has 70 valence electrons. The second-order valence-electron chi connectivity index (χ2n) is 3.86. The maximum atomic E-state index is 5.61. The van der Waals surface area contributed by atoms with Gasteiger partial charge in [-0.05, 0) is 24.3 Å². The lowest BCUT2D eigenvalue weighted by Gasteiger charge is -2.04. The normalized spacial score (nSPS) is 25.6. The smallest absolute Gasteiger partial charge is 0.0547 e. The standard InChI is InChI=1S/C10H15N3/c1-7-2-8(7)4-13-10-3-9(11)5-12-6-10/h3,5-8,13H,2,4,11H2,1H3. The average Bonchev–Trinajstić information content (AvgIpc) is 2.79. The molecule has 0 aliphatic heterocycles. The molecule has 0 saturated heterocycles. The third-order valence-electron chi connectivity index (χ3n) is 2.60. The van der Waals surface area contributed by atoms with Crippen LogP contribution in [-0.2, 0) is 0 Å². The van der Waals surface area contributed by atoms with Crippen LogP contribution in [0.3, 0.4) is 0 Å². The number of hydrogen-bond acceptors (Lipinski definition) is 3. The van der Waals surface area contributed by atoms with Gasteiger partial charge in [0.2, 0.25) is 0 Å². The Bertz CT molecular complexity index is 298. The molecule has 1 heterocycles. The summed E-state index contributed by atoms with van der Waals surface area (Å²) in [6.07, 6.45) is 4.82. The molecule has 0 aromatic carbocycles. The Labute approximate surface area is 78.4 Å². The highest BCUT2D eigenvalue weighted by atomic mass is 14.9. The number of pyridine rings is 1. The molecular weight excluding hydrogens is 162 g/mol. The summed E-state index contributed by atoms with van der Waals surface area (Å²) < 4.78 is 0. The Hall–Kier alpha value is -1.25. The zero-order valence-corrected chi connectivity index (χ0v) is 7.83. The molecule has 2 atom stereocenters. The Kier molecular flexibility index (Phi) is 2.08.